The third-order valence-electron chi connectivity index (χ3n) is 7.27. The van der Waals surface area contributed by atoms with E-state index >= 15 is 0 Å². The van der Waals surface area contributed by atoms with Crippen molar-refractivity contribution in [3.05, 3.63) is 124 Å². The molecule has 1 aliphatic rings. The Morgan fingerprint density at radius 1 is 1.04 bits per heavy atom. The fraction of sp³-hybridized carbons (Fsp3) is 0.182. The van der Waals surface area contributed by atoms with Crippen LogP contribution in [-0.4, -0.2) is 50.2 Å². The molecule has 0 unspecified atom stereocenters. The summed E-state index contributed by atoms with van der Waals surface area (Å²) in [6.45, 7) is 2.11. The van der Waals surface area contributed by atoms with E-state index in [2.05, 4.69) is 15.5 Å². The van der Waals surface area contributed by atoms with Gasteiger partial charge in [-0.15, -0.1) is 21.5 Å². The minimum absolute atomic E-state index is 0.0427. The lowest BCUT2D eigenvalue weighted by atomic mass is 10.0. The van der Waals surface area contributed by atoms with Crippen LogP contribution in [0.3, 0.4) is 0 Å². The van der Waals surface area contributed by atoms with Crippen LogP contribution >= 0.6 is 23.1 Å². The molecule has 45 heavy (non-hydrogen) atoms. The first-order valence-electron chi connectivity index (χ1n) is 14.1. The molecule has 5 aromatic rings. The van der Waals surface area contributed by atoms with Gasteiger partial charge in [0.05, 0.1) is 36.0 Å². The van der Waals surface area contributed by atoms with Gasteiger partial charge in [-0.25, -0.2) is 9.40 Å². The second-order valence-corrected chi connectivity index (χ2v) is 12.2. The van der Waals surface area contributed by atoms with Gasteiger partial charge in [0.15, 0.2) is 11.0 Å². The lowest BCUT2D eigenvalue weighted by molar-refractivity contribution is -0.130. The number of hydrogen-bond acceptors (Lipinski definition) is 8. The number of amides is 2. The molecular formula is C33H29FN6O3S2. The maximum atomic E-state index is 13.7. The van der Waals surface area contributed by atoms with Gasteiger partial charge in [-0.1, -0.05) is 42.1 Å². The van der Waals surface area contributed by atoms with E-state index in [1.54, 1.807) is 54.8 Å². The Kier molecular flexibility index (Phi) is 9.03. The molecular weight excluding hydrogens is 612 g/mol. The Bertz CT molecular complexity index is 1840. The predicted molar refractivity (Wildman–Crippen MR) is 172 cm³/mol. The van der Waals surface area contributed by atoms with Crippen molar-refractivity contribution in [2.75, 3.05) is 12.9 Å². The molecule has 0 bridgehead atoms. The van der Waals surface area contributed by atoms with E-state index in [1.807, 2.05) is 53.3 Å². The number of halogens is 1. The van der Waals surface area contributed by atoms with Gasteiger partial charge >= 0.3 is 0 Å². The highest BCUT2D eigenvalue weighted by molar-refractivity contribution is 7.99. The Labute approximate surface area is 267 Å². The van der Waals surface area contributed by atoms with Crippen LogP contribution in [-0.2, 0) is 11.3 Å². The molecule has 0 saturated heterocycles. The van der Waals surface area contributed by atoms with Crippen molar-refractivity contribution in [2.45, 2.75) is 31.1 Å². The SMILES string of the molecule is COc1ccc(C(=O)NCc2nnc(SCC(=O)N3N=C(c4cccs4)C[C@@H]3c3ccc(F)cc3)n2-c2cccc(C)c2)cc1. The van der Waals surface area contributed by atoms with Gasteiger partial charge in [-0.05, 0) is 78.0 Å². The minimum Gasteiger partial charge on any atom is -0.497 e. The molecule has 3 heterocycles. The first kappa shape index (κ1) is 30.2. The average molecular weight is 641 g/mol. The fourth-order valence-electron chi connectivity index (χ4n) is 5.01. The number of rotatable bonds is 10. The maximum absolute atomic E-state index is 13.7. The molecule has 9 nitrogen and oxygen atoms in total. The van der Waals surface area contributed by atoms with Crippen LogP contribution in [0.15, 0.2) is 101 Å². The Hall–Kier alpha value is -4.81. The van der Waals surface area contributed by atoms with Gasteiger partial charge in [-0.3, -0.25) is 14.2 Å². The number of methoxy groups -OCH3 is 1. The van der Waals surface area contributed by atoms with Crippen molar-refractivity contribution in [2.24, 2.45) is 5.10 Å². The lowest BCUT2D eigenvalue weighted by Gasteiger charge is -2.22. The van der Waals surface area contributed by atoms with E-state index in [-0.39, 0.29) is 36.0 Å². The number of hydrazone groups is 1. The van der Waals surface area contributed by atoms with Gasteiger partial charge in [0.2, 0.25) is 0 Å². The second kappa shape index (κ2) is 13.4. The third-order valence-corrected chi connectivity index (χ3v) is 9.10. The van der Waals surface area contributed by atoms with Gasteiger partial charge in [0, 0.05) is 17.7 Å². The Morgan fingerprint density at radius 3 is 2.56 bits per heavy atom. The van der Waals surface area contributed by atoms with Crippen molar-refractivity contribution in [1.29, 1.82) is 0 Å². The summed E-state index contributed by atoms with van der Waals surface area (Å²) in [5.74, 6) is 0.404. The Balaban J connectivity index is 1.22. The molecule has 0 spiro atoms. The summed E-state index contributed by atoms with van der Waals surface area (Å²) in [6.07, 6.45) is 0.528. The summed E-state index contributed by atoms with van der Waals surface area (Å²) in [4.78, 5) is 27.6. The van der Waals surface area contributed by atoms with E-state index < -0.39 is 0 Å². The monoisotopic (exact) mass is 640 g/mol. The quantitative estimate of drug-likeness (QED) is 0.183. The summed E-state index contributed by atoms with van der Waals surface area (Å²) < 4.78 is 20.7. The lowest BCUT2D eigenvalue weighted by Crippen LogP contribution is -2.28. The van der Waals surface area contributed by atoms with E-state index in [4.69, 9.17) is 9.84 Å². The molecule has 3 aromatic carbocycles. The minimum atomic E-state index is -0.353. The van der Waals surface area contributed by atoms with E-state index in [0.29, 0.717) is 28.7 Å². The third kappa shape index (κ3) is 6.81. The number of benzene rings is 3. The van der Waals surface area contributed by atoms with Crippen molar-refractivity contribution >= 4 is 40.6 Å². The highest BCUT2D eigenvalue weighted by Gasteiger charge is 2.33. The summed E-state index contributed by atoms with van der Waals surface area (Å²) in [6, 6.07) is 24.4. The highest BCUT2D eigenvalue weighted by atomic mass is 32.2. The van der Waals surface area contributed by atoms with Crippen molar-refractivity contribution in [3.8, 4) is 11.4 Å². The number of hydrogen-bond donors (Lipinski definition) is 1. The van der Waals surface area contributed by atoms with Crippen LogP contribution in [0.4, 0.5) is 4.39 Å². The number of thioether (sulfide) groups is 1. The molecule has 1 atom stereocenters. The van der Waals surface area contributed by atoms with Gasteiger partial charge < -0.3 is 10.1 Å². The van der Waals surface area contributed by atoms with Gasteiger partial charge in [0.25, 0.3) is 11.8 Å². The topological polar surface area (TPSA) is 102 Å². The molecule has 1 aliphatic heterocycles. The number of aryl methyl sites for hydroxylation is 1. The molecule has 0 fully saturated rings. The van der Waals surface area contributed by atoms with Crippen molar-refractivity contribution < 1.29 is 18.7 Å². The number of ether oxygens (including phenoxy) is 1. The molecule has 2 aromatic heterocycles. The molecule has 1 N–H and O–H groups in total. The molecule has 0 radical (unpaired) electrons. The molecule has 2 amide bonds. The molecule has 6 rings (SSSR count). The molecule has 12 heteroatoms. The van der Waals surface area contributed by atoms with Crippen LogP contribution in [0.25, 0.3) is 5.69 Å². The first-order valence-corrected chi connectivity index (χ1v) is 16.0. The standard InChI is InChI=1S/C33H29FN6O3S2/c1-21-5-3-6-25(17-21)39-30(19-35-32(42)23-10-14-26(43-2)15-11-23)36-37-33(39)45-20-31(41)40-28(22-8-12-24(34)13-9-22)18-27(38-40)29-7-4-16-44-29/h3-17,28H,18-20H2,1-2H3,(H,35,42)/t28-/m1/s1. The number of nitrogens with zero attached hydrogens (tertiary/aromatic N) is 5. The average Bonchev–Trinajstić information content (AvgIpc) is 3.83. The van der Waals surface area contributed by atoms with Crippen LogP contribution in [0.2, 0.25) is 0 Å². The molecule has 0 saturated carbocycles. The number of aromatic nitrogens is 3. The zero-order valence-corrected chi connectivity index (χ0v) is 26.1. The van der Waals surface area contributed by atoms with Crippen LogP contribution in [0.1, 0.15) is 44.6 Å². The normalized spacial score (nSPS) is 14.3. The number of thiophene rings is 1. The van der Waals surface area contributed by atoms with Gasteiger partial charge in [0.1, 0.15) is 11.6 Å². The summed E-state index contributed by atoms with van der Waals surface area (Å²) in [5, 5.41) is 20.4. The number of nitrogens with one attached hydrogen (secondary N) is 1. The molecule has 228 valence electrons. The smallest absolute Gasteiger partial charge is 0.253 e. The van der Waals surface area contributed by atoms with Crippen LogP contribution in [0.5, 0.6) is 5.75 Å². The second-order valence-electron chi connectivity index (χ2n) is 10.3. The largest absolute Gasteiger partial charge is 0.497 e. The van der Waals surface area contributed by atoms with Crippen LogP contribution in [0, 0.1) is 12.7 Å². The van der Waals surface area contributed by atoms with Crippen molar-refractivity contribution in [3.63, 3.8) is 0 Å². The summed E-state index contributed by atoms with van der Waals surface area (Å²) in [5.41, 5.74) is 3.96. The van der Waals surface area contributed by atoms with Crippen molar-refractivity contribution in [1.82, 2.24) is 25.1 Å². The number of carbonyl (C=O) groups excluding carboxylic acids is 2. The van der Waals surface area contributed by atoms with Gasteiger partial charge in [-0.2, -0.15) is 5.10 Å². The summed E-state index contributed by atoms with van der Waals surface area (Å²) >= 11 is 2.80. The zero-order valence-electron chi connectivity index (χ0n) is 24.5. The maximum Gasteiger partial charge on any atom is 0.253 e. The molecule has 0 aliphatic carbocycles. The van der Waals surface area contributed by atoms with Crippen LogP contribution < -0.4 is 10.1 Å². The highest BCUT2D eigenvalue weighted by Crippen LogP contribution is 2.35. The van der Waals surface area contributed by atoms with E-state index in [0.717, 1.165) is 27.4 Å². The first-order chi connectivity index (χ1) is 21.9. The Morgan fingerprint density at radius 2 is 1.84 bits per heavy atom. The predicted octanol–water partition coefficient (Wildman–Crippen LogP) is 6.18. The van der Waals surface area contributed by atoms with E-state index in [9.17, 15) is 14.0 Å². The fourth-order valence-corrected chi connectivity index (χ4v) is 6.55. The number of carbonyl (C=O) groups is 2. The summed E-state index contributed by atoms with van der Waals surface area (Å²) in [7, 11) is 1.57. The zero-order chi connectivity index (χ0) is 31.3. The van der Waals surface area contributed by atoms with E-state index in [1.165, 1.54) is 28.9 Å².